The summed E-state index contributed by atoms with van der Waals surface area (Å²) in [5, 5.41) is 5.85. The topological polar surface area (TPSA) is 76.7 Å². The molecular weight excluding hydrogens is 316 g/mol. The van der Waals surface area contributed by atoms with Crippen molar-refractivity contribution in [3.05, 3.63) is 40.3 Å². The molecule has 0 bridgehead atoms. The van der Waals surface area contributed by atoms with Crippen LogP contribution in [0.3, 0.4) is 0 Å². The third kappa shape index (κ3) is 3.62. The molecule has 6 nitrogen and oxygen atoms in total. The molecule has 0 fully saturated rings. The van der Waals surface area contributed by atoms with Crippen molar-refractivity contribution < 1.29 is 19.1 Å². The van der Waals surface area contributed by atoms with E-state index in [-0.39, 0.29) is 5.91 Å². The summed E-state index contributed by atoms with van der Waals surface area (Å²) in [5.74, 6) is 0.246. The molecule has 2 rings (SSSR count). The van der Waals surface area contributed by atoms with Crippen molar-refractivity contribution in [2.75, 3.05) is 24.9 Å². The van der Waals surface area contributed by atoms with E-state index in [1.165, 1.54) is 25.6 Å². The van der Waals surface area contributed by atoms with Crippen molar-refractivity contribution in [1.82, 2.24) is 0 Å². The molecule has 0 aliphatic carbocycles. The molecule has 0 saturated carbocycles. The average molecular weight is 334 g/mol. The molecule has 2 aromatic rings. The van der Waals surface area contributed by atoms with Crippen LogP contribution < -0.4 is 15.4 Å². The summed E-state index contributed by atoms with van der Waals surface area (Å²) in [5.41, 5.74) is 1.80. The first-order valence-electron chi connectivity index (χ1n) is 6.87. The SMILES string of the molecule is COC(=O)Nc1sc(C)c(C)c1C(=O)Nc1ccccc1OC. The van der Waals surface area contributed by atoms with Crippen LogP contribution in [0.2, 0.25) is 0 Å². The standard InChI is InChI=1S/C16H18N2O4S/c1-9-10(2)23-15(18-16(20)22-4)13(9)14(19)17-11-7-5-6-8-12(11)21-3/h5-8H,1-4H3,(H,17,19)(H,18,20). The van der Waals surface area contributed by atoms with Gasteiger partial charge in [0.05, 0.1) is 25.5 Å². The number of carbonyl (C=O) groups excluding carboxylic acids is 2. The number of ether oxygens (including phenoxy) is 2. The fourth-order valence-corrected chi connectivity index (χ4v) is 3.11. The number of rotatable bonds is 4. The van der Waals surface area contributed by atoms with Gasteiger partial charge in [-0.3, -0.25) is 10.1 Å². The van der Waals surface area contributed by atoms with Crippen LogP contribution in [0, 0.1) is 13.8 Å². The lowest BCUT2D eigenvalue weighted by molar-refractivity contribution is 0.102. The Bertz CT molecular complexity index is 740. The second-order valence-electron chi connectivity index (χ2n) is 4.76. The molecule has 0 radical (unpaired) electrons. The maximum atomic E-state index is 12.7. The molecule has 0 aliphatic rings. The number of nitrogens with one attached hydrogen (secondary N) is 2. The highest BCUT2D eigenvalue weighted by atomic mass is 32.1. The summed E-state index contributed by atoms with van der Waals surface area (Å²) in [6.07, 6.45) is -0.613. The molecule has 2 amide bonds. The Hall–Kier alpha value is -2.54. The first-order chi connectivity index (χ1) is 11.0. The van der Waals surface area contributed by atoms with Crippen LogP contribution in [-0.2, 0) is 4.74 Å². The monoisotopic (exact) mass is 334 g/mol. The number of hydrogen-bond donors (Lipinski definition) is 2. The van der Waals surface area contributed by atoms with Gasteiger partial charge in [-0.25, -0.2) is 4.79 Å². The van der Waals surface area contributed by atoms with Gasteiger partial charge in [-0.05, 0) is 31.5 Å². The second-order valence-corrected chi connectivity index (χ2v) is 5.98. The van der Waals surface area contributed by atoms with Crippen molar-refractivity contribution in [2.45, 2.75) is 13.8 Å². The molecule has 1 aromatic heterocycles. The van der Waals surface area contributed by atoms with E-state index in [1.54, 1.807) is 18.2 Å². The fourth-order valence-electron chi connectivity index (χ4n) is 2.06. The highest BCUT2D eigenvalue weighted by Crippen LogP contribution is 2.34. The maximum Gasteiger partial charge on any atom is 0.411 e. The van der Waals surface area contributed by atoms with Gasteiger partial charge in [-0.1, -0.05) is 12.1 Å². The molecule has 7 heteroatoms. The van der Waals surface area contributed by atoms with E-state index < -0.39 is 6.09 Å². The highest BCUT2D eigenvalue weighted by molar-refractivity contribution is 7.16. The fraction of sp³-hybridized carbons (Fsp3) is 0.250. The molecule has 0 saturated heterocycles. The number of methoxy groups -OCH3 is 2. The van der Waals surface area contributed by atoms with E-state index >= 15 is 0 Å². The van der Waals surface area contributed by atoms with E-state index in [0.29, 0.717) is 22.0 Å². The first kappa shape index (κ1) is 16.8. The molecule has 23 heavy (non-hydrogen) atoms. The van der Waals surface area contributed by atoms with Gasteiger partial charge in [0.25, 0.3) is 5.91 Å². The predicted molar refractivity (Wildman–Crippen MR) is 90.8 cm³/mol. The van der Waals surface area contributed by atoms with Crippen molar-refractivity contribution in [3.63, 3.8) is 0 Å². The Morgan fingerprint density at radius 1 is 1.09 bits per heavy atom. The summed E-state index contributed by atoms with van der Waals surface area (Å²) < 4.78 is 9.83. The molecule has 1 aromatic carbocycles. The van der Waals surface area contributed by atoms with Gasteiger partial charge < -0.3 is 14.8 Å². The average Bonchev–Trinajstić information content (AvgIpc) is 2.82. The predicted octanol–water partition coefficient (Wildman–Crippen LogP) is 3.80. The lowest BCUT2D eigenvalue weighted by Gasteiger charge is -2.11. The Balaban J connectivity index is 2.33. The minimum absolute atomic E-state index is 0.317. The Kier molecular flexibility index (Phi) is 5.23. The summed E-state index contributed by atoms with van der Waals surface area (Å²) in [7, 11) is 2.81. The van der Waals surface area contributed by atoms with Gasteiger partial charge in [0.1, 0.15) is 10.8 Å². The van der Waals surface area contributed by atoms with Crippen molar-refractivity contribution in [3.8, 4) is 5.75 Å². The lowest BCUT2D eigenvalue weighted by Crippen LogP contribution is -2.17. The van der Waals surface area contributed by atoms with Gasteiger partial charge in [-0.2, -0.15) is 0 Å². The van der Waals surface area contributed by atoms with E-state index in [1.807, 2.05) is 19.9 Å². The van der Waals surface area contributed by atoms with Gasteiger partial charge in [0.15, 0.2) is 0 Å². The molecule has 1 heterocycles. The Morgan fingerprint density at radius 3 is 2.43 bits per heavy atom. The number of amides is 2. The largest absolute Gasteiger partial charge is 0.495 e. The number of benzene rings is 1. The molecule has 2 N–H and O–H groups in total. The smallest absolute Gasteiger partial charge is 0.411 e. The van der Waals surface area contributed by atoms with E-state index in [2.05, 4.69) is 15.4 Å². The quantitative estimate of drug-likeness (QED) is 0.891. The Morgan fingerprint density at radius 2 is 1.78 bits per heavy atom. The van der Waals surface area contributed by atoms with Crippen LogP contribution in [0.25, 0.3) is 0 Å². The molecule has 0 unspecified atom stereocenters. The zero-order chi connectivity index (χ0) is 17.0. The number of hydrogen-bond acceptors (Lipinski definition) is 5. The van der Waals surface area contributed by atoms with Crippen LogP contribution in [0.4, 0.5) is 15.5 Å². The van der Waals surface area contributed by atoms with E-state index in [9.17, 15) is 9.59 Å². The molecule has 122 valence electrons. The van der Waals surface area contributed by atoms with Gasteiger partial charge in [0.2, 0.25) is 0 Å². The van der Waals surface area contributed by atoms with E-state index in [4.69, 9.17) is 4.74 Å². The van der Waals surface area contributed by atoms with Crippen LogP contribution in [0.5, 0.6) is 5.75 Å². The third-order valence-corrected chi connectivity index (χ3v) is 4.49. The summed E-state index contributed by atoms with van der Waals surface area (Å²) in [6.45, 7) is 3.73. The highest BCUT2D eigenvalue weighted by Gasteiger charge is 2.22. The summed E-state index contributed by atoms with van der Waals surface area (Å²) in [6, 6.07) is 7.13. The second kappa shape index (κ2) is 7.15. The molecule has 0 atom stereocenters. The molecular formula is C16H18N2O4S. The van der Waals surface area contributed by atoms with Gasteiger partial charge in [0, 0.05) is 4.88 Å². The molecule has 0 spiro atoms. The van der Waals surface area contributed by atoms with Crippen LogP contribution in [-0.4, -0.2) is 26.2 Å². The van der Waals surface area contributed by atoms with Gasteiger partial charge >= 0.3 is 6.09 Å². The number of para-hydroxylation sites is 2. The van der Waals surface area contributed by atoms with Crippen LogP contribution in [0.15, 0.2) is 24.3 Å². The summed E-state index contributed by atoms with van der Waals surface area (Å²) >= 11 is 1.33. The first-order valence-corrected chi connectivity index (χ1v) is 7.69. The lowest BCUT2D eigenvalue weighted by atomic mass is 10.1. The van der Waals surface area contributed by atoms with Crippen LogP contribution >= 0.6 is 11.3 Å². The summed E-state index contributed by atoms with van der Waals surface area (Å²) in [4.78, 5) is 25.1. The number of thiophene rings is 1. The van der Waals surface area contributed by atoms with Crippen molar-refractivity contribution >= 4 is 34.0 Å². The third-order valence-electron chi connectivity index (χ3n) is 3.37. The van der Waals surface area contributed by atoms with E-state index in [0.717, 1.165) is 10.4 Å². The number of aryl methyl sites for hydroxylation is 1. The van der Waals surface area contributed by atoms with Gasteiger partial charge in [-0.15, -0.1) is 11.3 Å². The van der Waals surface area contributed by atoms with Crippen molar-refractivity contribution in [1.29, 1.82) is 0 Å². The maximum absolute atomic E-state index is 12.7. The van der Waals surface area contributed by atoms with Crippen molar-refractivity contribution in [2.24, 2.45) is 0 Å². The molecule has 0 aliphatic heterocycles. The zero-order valence-corrected chi connectivity index (χ0v) is 14.2. The number of anilines is 2. The minimum atomic E-state index is -0.613. The normalized spacial score (nSPS) is 10.1. The number of carbonyl (C=O) groups is 2. The Labute approximate surface area is 138 Å². The minimum Gasteiger partial charge on any atom is -0.495 e. The zero-order valence-electron chi connectivity index (χ0n) is 13.4. The van der Waals surface area contributed by atoms with Crippen LogP contribution in [0.1, 0.15) is 20.8 Å².